The summed E-state index contributed by atoms with van der Waals surface area (Å²) < 4.78 is 27.3. The van der Waals surface area contributed by atoms with Crippen molar-refractivity contribution in [3.63, 3.8) is 0 Å². The van der Waals surface area contributed by atoms with Crippen LogP contribution in [-0.2, 0) is 25.9 Å². The van der Waals surface area contributed by atoms with Gasteiger partial charge >= 0.3 is 0 Å². The zero-order chi connectivity index (χ0) is 22.5. The van der Waals surface area contributed by atoms with E-state index in [-0.39, 0.29) is 17.1 Å². The van der Waals surface area contributed by atoms with E-state index in [2.05, 4.69) is 5.48 Å². The summed E-state index contributed by atoms with van der Waals surface area (Å²) in [5.41, 5.74) is 4.49. The third kappa shape index (κ3) is 6.50. The first kappa shape index (κ1) is 23.2. The van der Waals surface area contributed by atoms with Crippen molar-refractivity contribution in [3.8, 4) is 11.1 Å². The number of benzene rings is 2. The molecule has 0 saturated carbocycles. The summed E-state index contributed by atoms with van der Waals surface area (Å²) in [5, 5.41) is 0.936. The second kappa shape index (κ2) is 9.77. The van der Waals surface area contributed by atoms with Crippen molar-refractivity contribution in [3.05, 3.63) is 77.7 Å². The van der Waals surface area contributed by atoms with Gasteiger partial charge in [0.05, 0.1) is 10.9 Å². The maximum Gasteiger partial charge on any atom is 0.244 e. The van der Waals surface area contributed by atoms with E-state index in [1.165, 1.54) is 11.3 Å². The molecule has 31 heavy (non-hydrogen) atoms. The van der Waals surface area contributed by atoms with E-state index in [1.807, 2.05) is 86.8 Å². The molecule has 7 heteroatoms. The van der Waals surface area contributed by atoms with Crippen molar-refractivity contribution >= 4 is 27.1 Å². The van der Waals surface area contributed by atoms with E-state index in [4.69, 9.17) is 4.84 Å². The molecular weight excluding hydrogens is 430 g/mol. The summed E-state index contributed by atoms with van der Waals surface area (Å²) in [7, 11) is -3.73. The van der Waals surface area contributed by atoms with Crippen LogP contribution >= 0.6 is 11.3 Å². The minimum atomic E-state index is -3.73. The average Bonchev–Trinajstić information content (AvgIpc) is 3.24. The Balaban J connectivity index is 1.86. The molecule has 1 aromatic heterocycles. The highest BCUT2D eigenvalue weighted by molar-refractivity contribution is 7.94. The van der Waals surface area contributed by atoms with Gasteiger partial charge in [-0.25, -0.2) is 13.9 Å². The monoisotopic (exact) mass is 457 g/mol. The third-order valence-electron chi connectivity index (χ3n) is 4.59. The Morgan fingerprint density at radius 1 is 1.00 bits per heavy atom. The number of hydrogen-bond acceptors (Lipinski definition) is 5. The topological polar surface area (TPSA) is 72.5 Å². The van der Waals surface area contributed by atoms with Crippen molar-refractivity contribution in [2.45, 2.75) is 48.7 Å². The van der Waals surface area contributed by atoms with Crippen LogP contribution in [0.15, 0.2) is 76.3 Å². The van der Waals surface area contributed by atoms with Gasteiger partial charge in [0.15, 0.2) is 9.84 Å². The third-order valence-corrected chi connectivity index (χ3v) is 8.19. The van der Waals surface area contributed by atoms with Crippen molar-refractivity contribution < 1.29 is 18.0 Å². The first-order valence-electron chi connectivity index (χ1n) is 10.0. The number of thiophene rings is 1. The van der Waals surface area contributed by atoms with Gasteiger partial charge in [0, 0.05) is 6.42 Å². The molecule has 2 aromatic carbocycles. The number of hydroxylamine groups is 1. The van der Waals surface area contributed by atoms with Crippen molar-refractivity contribution in [2.75, 3.05) is 0 Å². The number of carbonyl (C=O) groups excluding carboxylic acids is 1. The molecule has 5 nitrogen and oxygen atoms in total. The van der Waals surface area contributed by atoms with E-state index < -0.39 is 26.6 Å². The number of amides is 1. The van der Waals surface area contributed by atoms with Crippen LogP contribution in [0.2, 0.25) is 0 Å². The Morgan fingerprint density at radius 2 is 1.61 bits per heavy atom. The molecule has 1 unspecified atom stereocenters. The highest BCUT2D eigenvalue weighted by atomic mass is 32.2. The lowest BCUT2D eigenvalue weighted by molar-refractivity contribution is -0.145. The molecule has 1 atom stereocenters. The summed E-state index contributed by atoms with van der Waals surface area (Å²) >= 11 is 1.18. The van der Waals surface area contributed by atoms with E-state index >= 15 is 0 Å². The van der Waals surface area contributed by atoms with E-state index in [0.29, 0.717) is 0 Å². The Kier molecular flexibility index (Phi) is 7.30. The normalized spacial score (nSPS) is 13.0. The zero-order valence-electron chi connectivity index (χ0n) is 17.9. The molecule has 0 bridgehead atoms. The standard InChI is InChI=1S/C24H27NO4S2/c1-24(2,3)29-25-22(26)16-21(14-18-10-6-4-7-11-18)31(27,28)23-15-20(17-30-23)19-12-8-5-9-13-19/h4-13,15,17,21H,14,16H2,1-3H3,(H,25,26). The largest absolute Gasteiger partial charge is 0.273 e. The zero-order valence-corrected chi connectivity index (χ0v) is 19.5. The Bertz CT molecular complexity index is 1100. The summed E-state index contributed by atoms with van der Waals surface area (Å²) in [6.07, 6.45) is 0.0521. The van der Waals surface area contributed by atoms with E-state index in [9.17, 15) is 13.2 Å². The highest BCUT2D eigenvalue weighted by Gasteiger charge is 2.32. The molecular formula is C24H27NO4S2. The second-order valence-electron chi connectivity index (χ2n) is 8.32. The number of carbonyl (C=O) groups is 1. The summed E-state index contributed by atoms with van der Waals surface area (Å²) in [6, 6.07) is 20.7. The molecule has 1 heterocycles. The minimum Gasteiger partial charge on any atom is -0.273 e. The molecule has 164 valence electrons. The fraction of sp³-hybridized carbons (Fsp3) is 0.292. The number of sulfone groups is 1. The SMILES string of the molecule is CC(C)(C)ONC(=O)CC(Cc1ccccc1)S(=O)(=O)c1cc(-c2ccccc2)cs1. The Hall–Kier alpha value is -2.48. The van der Waals surface area contributed by atoms with Crippen LogP contribution in [-0.4, -0.2) is 25.2 Å². The summed E-state index contributed by atoms with van der Waals surface area (Å²) in [5.74, 6) is -0.459. The summed E-state index contributed by atoms with van der Waals surface area (Å²) in [6.45, 7) is 5.42. The fourth-order valence-corrected chi connectivity index (χ4v) is 6.17. The van der Waals surface area contributed by atoms with Gasteiger partial charge in [0.25, 0.3) is 0 Å². The molecule has 0 aliphatic heterocycles. The first-order valence-corrected chi connectivity index (χ1v) is 12.5. The van der Waals surface area contributed by atoms with Gasteiger partial charge in [-0.3, -0.25) is 9.63 Å². The van der Waals surface area contributed by atoms with Gasteiger partial charge in [0.2, 0.25) is 5.91 Å². The molecule has 3 aromatic rings. The van der Waals surface area contributed by atoms with Gasteiger partial charge in [-0.2, -0.15) is 0 Å². The molecule has 0 saturated heterocycles. The van der Waals surface area contributed by atoms with E-state index in [1.54, 1.807) is 6.07 Å². The van der Waals surface area contributed by atoms with Crippen LogP contribution in [0.4, 0.5) is 0 Å². The Labute approximate surface area is 188 Å². The average molecular weight is 458 g/mol. The van der Waals surface area contributed by atoms with Crippen molar-refractivity contribution in [2.24, 2.45) is 0 Å². The summed E-state index contributed by atoms with van der Waals surface area (Å²) in [4.78, 5) is 17.8. The molecule has 3 rings (SSSR count). The maximum absolute atomic E-state index is 13.5. The van der Waals surface area contributed by atoms with Crippen LogP contribution in [0.3, 0.4) is 0 Å². The van der Waals surface area contributed by atoms with Gasteiger partial charge in [-0.15, -0.1) is 11.3 Å². The molecule has 0 aliphatic carbocycles. The number of nitrogens with one attached hydrogen (secondary N) is 1. The lowest BCUT2D eigenvalue weighted by atomic mass is 10.1. The van der Waals surface area contributed by atoms with Crippen molar-refractivity contribution in [1.29, 1.82) is 0 Å². The number of rotatable bonds is 8. The van der Waals surface area contributed by atoms with Gasteiger partial charge < -0.3 is 0 Å². The highest BCUT2D eigenvalue weighted by Crippen LogP contribution is 2.32. The predicted molar refractivity (Wildman–Crippen MR) is 124 cm³/mol. The van der Waals surface area contributed by atoms with Crippen LogP contribution in [0.1, 0.15) is 32.8 Å². The quantitative estimate of drug-likeness (QED) is 0.481. The van der Waals surface area contributed by atoms with Crippen LogP contribution in [0.25, 0.3) is 11.1 Å². The van der Waals surface area contributed by atoms with Gasteiger partial charge in [0.1, 0.15) is 4.21 Å². The maximum atomic E-state index is 13.5. The smallest absolute Gasteiger partial charge is 0.244 e. The number of hydrogen-bond donors (Lipinski definition) is 1. The van der Waals surface area contributed by atoms with Gasteiger partial charge in [-0.05, 0) is 55.3 Å². The molecule has 0 fully saturated rings. The molecule has 1 amide bonds. The predicted octanol–water partition coefficient (Wildman–Crippen LogP) is 5.04. The second-order valence-corrected chi connectivity index (χ2v) is 11.7. The molecule has 0 spiro atoms. The fourth-order valence-electron chi connectivity index (χ4n) is 3.04. The van der Waals surface area contributed by atoms with Gasteiger partial charge in [-0.1, -0.05) is 60.7 Å². The minimum absolute atomic E-state index is 0.189. The molecule has 0 radical (unpaired) electrons. The molecule has 1 N–H and O–H groups in total. The first-order chi connectivity index (χ1) is 14.6. The Morgan fingerprint density at radius 3 is 2.23 bits per heavy atom. The van der Waals surface area contributed by atoms with Crippen LogP contribution in [0.5, 0.6) is 0 Å². The lowest BCUT2D eigenvalue weighted by Crippen LogP contribution is -2.37. The van der Waals surface area contributed by atoms with Crippen LogP contribution in [0, 0.1) is 0 Å². The van der Waals surface area contributed by atoms with Crippen molar-refractivity contribution in [1.82, 2.24) is 5.48 Å². The lowest BCUT2D eigenvalue weighted by Gasteiger charge is -2.21. The van der Waals surface area contributed by atoms with Crippen LogP contribution < -0.4 is 5.48 Å². The molecule has 0 aliphatic rings. The van der Waals surface area contributed by atoms with E-state index in [0.717, 1.165) is 16.7 Å².